The van der Waals surface area contributed by atoms with E-state index < -0.39 is 34.9 Å². The zero-order valence-electron chi connectivity index (χ0n) is 11.3. The molecule has 0 aromatic heterocycles. The van der Waals surface area contributed by atoms with E-state index in [2.05, 4.69) is 0 Å². The van der Waals surface area contributed by atoms with E-state index in [0.29, 0.717) is 0 Å². The van der Waals surface area contributed by atoms with Gasteiger partial charge in [0.25, 0.3) is 0 Å². The lowest BCUT2D eigenvalue weighted by molar-refractivity contribution is -0.266. The molecule has 0 amide bonds. The largest absolute Gasteiger partial charge is 0.390 e. The van der Waals surface area contributed by atoms with E-state index in [4.69, 9.17) is 0 Å². The van der Waals surface area contributed by atoms with Gasteiger partial charge in [-0.25, -0.2) is 0 Å². The van der Waals surface area contributed by atoms with Gasteiger partial charge in [0.2, 0.25) is 0 Å². The SMILES string of the molecule is CC(O)C=CC1(O)C(C)(C)CC(O)C(O)C1(C)O. The molecule has 0 spiro atoms. The van der Waals surface area contributed by atoms with Crippen LogP contribution in [0, 0.1) is 5.41 Å². The minimum absolute atomic E-state index is 0.144. The molecule has 0 bridgehead atoms. The van der Waals surface area contributed by atoms with Gasteiger partial charge in [-0.2, -0.15) is 0 Å². The van der Waals surface area contributed by atoms with Crippen LogP contribution in [-0.2, 0) is 0 Å². The zero-order chi connectivity index (χ0) is 14.4. The highest BCUT2D eigenvalue weighted by Crippen LogP contribution is 2.50. The van der Waals surface area contributed by atoms with Crippen LogP contribution in [0.1, 0.15) is 34.1 Å². The number of hydrogen-bond acceptors (Lipinski definition) is 5. The van der Waals surface area contributed by atoms with Crippen LogP contribution in [0.5, 0.6) is 0 Å². The summed E-state index contributed by atoms with van der Waals surface area (Å²) in [5, 5.41) is 50.0. The summed E-state index contributed by atoms with van der Waals surface area (Å²) >= 11 is 0. The second-order valence-corrected chi connectivity index (χ2v) is 6.11. The monoisotopic (exact) mass is 260 g/mol. The fraction of sp³-hybridized carbons (Fsp3) is 0.846. The minimum atomic E-state index is -1.90. The maximum atomic E-state index is 10.7. The van der Waals surface area contributed by atoms with Crippen LogP contribution in [0.2, 0.25) is 0 Å². The average Bonchev–Trinajstić information content (AvgIpc) is 2.21. The molecular formula is C13H24O5. The Kier molecular flexibility index (Phi) is 3.97. The van der Waals surface area contributed by atoms with Crippen LogP contribution in [0.25, 0.3) is 0 Å². The topological polar surface area (TPSA) is 101 Å². The van der Waals surface area contributed by atoms with Crippen molar-refractivity contribution in [3.05, 3.63) is 12.2 Å². The molecule has 5 unspecified atom stereocenters. The Labute approximate surface area is 107 Å². The molecule has 0 aromatic carbocycles. The Morgan fingerprint density at radius 3 is 2.11 bits per heavy atom. The third-order valence-corrected chi connectivity index (χ3v) is 4.08. The van der Waals surface area contributed by atoms with Gasteiger partial charge in [-0.15, -0.1) is 0 Å². The molecule has 1 rings (SSSR count). The molecule has 5 nitrogen and oxygen atoms in total. The van der Waals surface area contributed by atoms with E-state index in [1.54, 1.807) is 13.8 Å². The van der Waals surface area contributed by atoms with Crippen molar-refractivity contribution in [3.63, 3.8) is 0 Å². The van der Waals surface area contributed by atoms with E-state index in [1.165, 1.54) is 26.0 Å². The zero-order valence-corrected chi connectivity index (χ0v) is 11.3. The molecule has 1 aliphatic rings. The fourth-order valence-corrected chi connectivity index (χ4v) is 2.75. The van der Waals surface area contributed by atoms with Gasteiger partial charge < -0.3 is 25.5 Å². The summed E-state index contributed by atoms with van der Waals surface area (Å²) in [6, 6.07) is 0. The highest BCUT2D eigenvalue weighted by Gasteiger charge is 2.63. The molecule has 0 heterocycles. The Balaban J connectivity index is 3.26. The first kappa shape index (κ1) is 15.6. The molecule has 5 atom stereocenters. The van der Waals surface area contributed by atoms with E-state index in [-0.39, 0.29) is 6.42 Å². The summed E-state index contributed by atoms with van der Waals surface area (Å²) in [7, 11) is 0. The number of aliphatic hydroxyl groups excluding tert-OH is 3. The lowest BCUT2D eigenvalue weighted by Crippen LogP contribution is -2.71. The Morgan fingerprint density at radius 1 is 1.17 bits per heavy atom. The predicted molar refractivity (Wildman–Crippen MR) is 66.8 cm³/mol. The van der Waals surface area contributed by atoms with E-state index in [1.807, 2.05) is 0 Å². The molecule has 0 aromatic rings. The van der Waals surface area contributed by atoms with E-state index in [0.717, 1.165) is 0 Å². The molecule has 106 valence electrons. The molecule has 1 fully saturated rings. The molecule has 0 aliphatic heterocycles. The van der Waals surface area contributed by atoms with Gasteiger partial charge in [0.05, 0.1) is 12.2 Å². The van der Waals surface area contributed by atoms with E-state index in [9.17, 15) is 25.5 Å². The minimum Gasteiger partial charge on any atom is -0.390 e. The van der Waals surface area contributed by atoms with Crippen molar-refractivity contribution in [3.8, 4) is 0 Å². The van der Waals surface area contributed by atoms with Crippen molar-refractivity contribution in [2.45, 2.75) is 63.6 Å². The van der Waals surface area contributed by atoms with Crippen LogP contribution < -0.4 is 0 Å². The van der Waals surface area contributed by atoms with Crippen LogP contribution in [0.15, 0.2) is 12.2 Å². The second-order valence-electron chi connectivity index (χ2n) is 6.11. The summed E-state index contributed by atoms with van der Waals surface area (Å²) in [6.07, 6.45) is -0.507. The predicted octanol–water partition coefficient (Wildman–Crippen LogP) is -0.443. The normalized spacial score (nSPS) is 46.3. The first-order valence-electron chi connectivity index (χ1n) is 6.14. The van der Waals surface area contributed by atoms with Crippen LogP contribution in [0.4, 0.5) is 0 Å². The molecule has 5 heteroatoms. The summed E-state index contributed by atoms with van der Waals surface area (Å²) in [4.78, 5) is 0. The van der Waals surface area contributed by atoms with Gasteiger partial charge in [0.1, 0.15) is 17.3 Å². The van der Waals surface area contributed by atoms with Gasteiger partial charge in [-0.05, 0) is 20.3 Å². The highest BCUT2D eigenvalue weighted by molar-refractivity contribution is 5.23. The maximum absolute atomic E-state index is 10.7. The summed E-state index contributed by atoms with van der Waals surface area (Å²) < 4.78 is 0. The van der Waals surface area contributed by atoms with Crippen LogP contribution >= 0.6 is 0 Å². The molecule has 0 radical (unpaired) electrons. The molecule has 1 saturated carbocycles. The van der Waals surface area contributed by atoms with Crippen molar-refractivity contribution in [2.24, 2.45) is 5.41 Å². The maximum Gasteiger partial charge on any atom is 0.123 e. The smallest absolute Gasteiger partial charge is 0.123 e. The molecule has 18 heavy (non-hydrogen) atoms. The first-order chi connectivity index (χ1) is 7.96. The van der Waals surface area contributed by atoms with Gasteiger partial charge in [-0.3, -0.25) is 0 Å². The molecular weight excluding hydrogens is 236 g/mol. The molecule has 0 saturated heterocycles. The quantitative estimate of drug-likeness (QED) is 0.433. The fourth-order valence-electron chi connectivity index (χ4n) is 2.75. The summed E-state index contributed by atoms with van der Waals surface area (Å²) in [6.45, 7) is 6.20. The van der Waals surface area contributed by atoms with E-state index >= 15 is 0 Å². The first-order valence-corrected chi connectivity index (χ1v) is 6.14. The second kappa shape index (κ2) is 4.58. The Hall–Kier alpha value is -0.460. The number of rotatable bonds is 2. The van der Waals surface area contributed by atoms with Crippen molar-refractivity contribution in [1.82, 2.24) is 0 Å². The van der Waals surface area contributed by atoms with Crippen LogP contribution in [0.3, 0.4) is 0 Å². The number of aliphatic hydroxyl groups is 5. The van der Waals surface area contributed by atoms with Crippen molar-refractivity contribution in [1.29, 1.82) is 0 Å². The van der Waals surface area contributed by atoms with Crippen molar-refractivity contribution < 1.29 is 25.5 Å². The summed E-state index contributed by atoms with van der Waals surface area (Å²) in [5.74, 6) is 0. The van der Waals surface area contributed by atoms with Gasteiger partial charge >= 0.3 is 0 Å². The highest BCUT2D eigenvalue weighted by atomic mass is 16.4. The van der Waals surface area contributed by atoms with Gasteiger partial charge in [0.15, 0.2) is 0 Å². The lowest BCUT2D eigenvalue weighted by Gasteiger charge is -2.57. The molecule has 1 aliphatic carbocycles. The number of hydrogen-bond donors (Lipinski definition) is 5. The lowest BCUT2D eigenvalue weighted by atomic mass is 9.56. The Bertz CT molecular complexity index is 334. The van der Waals surface area contributed by atoms with Gasteiger partial charge in [0, 0.05) is 5.41 Å². The third kappa shape index (κ3) is 2.21. The van der Waals surface area contributed by atoms with Crippen molar-refractivity contribution in [2.75, 3.05) is 0 Å². The molecule has 5 N–H and O–H groups in total. The van der Waals surface area contributed by atoms with Gasteiger partial charge in [-0.1, -0.05) is 26.0 Å². The van der Waals surface area contributed by atoms with Crippen LogP contribution in [-0.4, -0.2) is 55.0 Å². The summed E-state index contributed by atoms with van der Waals surface area (Å²) in [5.41, 5.74) is -4.49. The van der Waals surface area contributed by atoms with Crippen molar-refractivity contribution >= 4 is 0 Å². The average molecular weight is 260 g/mol. The standard InChI is InChI=1S/C13H24O5/c1-8(14)5-6-13(18)11(2,3)7-9(15)10(16)12(13,4)17/h5-6,8-10,14-18H,7H2,1-4H3. The Morgan fingerprint density at radius 2 is 1.67 bits per heavy atom. The third-order valence-electron chi connectivity index (χ3n) is 4.08.